The quantitative estimate of drug-likeness (QED) is 0.621. The predicted octanol–water partition coefficient (Wildman–Crippen LogP) is 4.03. The number of nitrogens with zero attached hydrogens (tertiary/aromatic N) is 2. The Morgan fingerprint density at radius 3 is 2.56 bits per heavy atom. The lowest BCUT2D eigenvalue weighted by Gasteiger charge is -2.12. The molecule has 0 fully saturated rings. The van der Waals surface area contributed by atoms with Gasteiger partial charge in [-0.3, -0.25) is 14.9 Å². The molecule has 27 heavy (non-hydrogen) atoms. The zero-order valence-electron chi connectivity index (χ0n) is 14.7. The minimum Gasteiger partial charge on any atom is -0.341 e. The van der Waals surface area contributed by atoms with Crippen molar-refractivity contribution >= 4 is 44.2 Å². The lowest BCUT2D eigenvalue weighted by molar-refractivity contribution is -0.117. The van der Waals surface area contributed by atoms with Crippen molar-refractivity contribution in [2.24, 2.45) is 0 Å². The summed E-state index contributed by atoms with van der Waals surface area (Å²) in [6, 6.07) is 14.2. The summed E-state index contributed by atoms with van der Waals surface area (Å²) in [5.74, 6) is -0.679. The zero-order chi connectivity index (χ0) is 19.4. The van der Waals surface area contributed by atoms with Gasteiger partial charge in [-0.05, 0) is 32.0 Å². The highest BCUT2D eigenvalue weighted by atomic mass is 79.9. The first kappa shape index (κ1) is 19.2. The maximum atomic E-state index is 12.3. The molecule has 0 saturated carbocycles. The summed E-state index contributed by atoms with van der Waals surface area (Å²) in [4.78, 5) is 24.6. The van der Waals surface area contributed by atoms with Gasteiger partial charge in [-0.2, -0.15) is 0 Å². The summed E-state index contributed by atoms with van der Waals surface area (Å²) >= 11 is 4.60. The van der Waals surface area contributed by atoms with E-state index in [-0.39, 0.29) is 11.8 Å². The van der Waals surface area contributed by atoms with E-state index in [9.17, 15) is 9.59 Å². The molecule has 2 N–H and O–H groups in total. The van der Waals surface area contributed by atoms with Gasteiger partial charge < -0.3 is 5.32 Å². The Morgan fingerprint density at radius 2 is 1.85 bits per heavy atom. The van der Waals surface area contributed by atoms with E-state index in [1.54, 1.807) is 25.1 Å². The minimum atomic E-state index is -0.719. The number of aryl methyl sites for hydroxylation is 1. The van der Waals surface area contributed by atoms with Gasteiger partial charge >= 0.3 is 0 Å². The van der Waals surface area contributed by atoms with Crippen molar-refractivity contribution in [2.75, 3.05) is 5.32 Å². The monoisotopic (exact) mass is 444 g/mol. The second-order valence-electron chi connectivity index (χ2n) is 5.97. The number of anilines is 1. The van der Waals surface area contributed by atoms with Crippen molar-refractivity contribution in [2.45, 2.75) is 19.9 Å². The van der Waals surface area contributed by atoms with E-state index in [1.165, 1.54) is 11.3 Å². The Labute approximate surface area is 169 Å². The van der Waals surface area contributed by atoms with E-state index in [0.29, 0.717) is 10.7 Å². The second-order valence-corrected chi connectivity index (χ2v) is 7.87. The number of hydrogen-bond acceptors (Lipinski definition) is 5. The highest BCUT2D eigenvalue weighted by Crippen LogP contribution is 2.26. The molecule has 1 atom stereocenters. The second kappa shape index (κ2) is 8.41. The highest BCUT2D eigenvalue weighted by Gasteiger charge is 2.18. The molecule has 138 valence electrons. The Morgan fingerprint density at radius 1 is 1.11 bits per heavy atom. The van der Waals surface area contributed by atoms with Crippen molar-refractivity contribution in [3.8, 4) is 10.6 Å². The van der Waals surface area contributed by atoms with Crippen LogP contribution in [0.3, 0.4) is 0 Å². The first-order valence-electron chi connectivity index (χ1n) is 8.20. The van der Waals surface area contributed by atoms with Crippen molar-refractivity contribution < 1.29 is 9.59 Å². The van der Waals surface area contributed by atoms with Crippen LogP contribution in [0.25, 0.3) is 10.6 Å². The van der Waals surface area contributed by atoms with Gasteiger partial charge in [-0.1, -0.05) is 63.2 Å². The third-order valence-corrected chi connectivity index (χ3v) is 5.16. The number of amides is 2. The first-order chi connectivity index (χ1) is 12.9. The summed E-state index contributed by atoms with van der Waals surface area (Å²) in [5.41, 5.74) is 2.57. The van der Waals surface area contributed by atoms with Gasteiger partial charge in [-0.15, -0.1) is 10.2 Å². The average Bonchev–Trinajstić information content (AvgIpc) is 3.10. The van der Waals surface area contributed by atoms with E-state index < -0.39 is 6.04 Å². The smallest absolute Gasteiger partial charge is 0.251 e. The van der Waals surface area contributed by atoms with Gasteiger partial charge in [0.2, 0.25) is 11.0 Å². The maximum Gasteiger partial charge on any atom is 0.251 e. The van der Waals surface area contributed by atoms with Crippen molar-refractivity contribution in [3.05, 3.63) is 64.1 Å². The van der Waals surface area contributed by atoms with Crippen LogP contribution in [-0.4, -0.2) is 28.1 Å². The van der Waals surface area contributed by atoms with E-state index >= 15 is 0 Å². The molecule has 1 aromatic heterocycles. The fourth-order valence-electron chi connectivity index (χ4n) is 2.28. The summed E-state index contributed by atoms with van der Waals surface area (Å²) in [6.45, 7) is 3.63. The molecular weight excluding hydrogens is 428 g/mol. The molecule has 0 aliphatic carbocycles. The van der Waals surface area contributed by atoms with Crippen LogP contribution < -0.4 is 10.6 Å². The molecule has 0 bridgehead atoms. The number of benzene rings is 2. The Hall–Kier alpha value is -2.58. The van der Waals surface area contributed by atoms with Crippen LogP contribution in [0.1, 0.15) is 22.8 Å². The molecule has 2 amide bonds. The van der Waals surface area contributed by atoms with Crippen LogP contribution in [0.15, 0.2) is 53.0 Å². The number of aromatic nitrogens is 2. The van der Waals surface area contributed by atoms with Gasteiger partial charge in [0.15, 0.2) is 0 Å². The molecule has 0 aliphatic heterocycles. The lowest BCUT2D eigenvalue weighted by atomic mass is 10.2. The van der Waals surface area contributed by atoms with Crippen LogP contribution in [0, 0.1) is 6.92 Å². The molecule has 0 saturated heterocycles. The predicted molar refractivity (Wildman–Crippen MR) is 110 cm³/mol. The minimum absolute atomic E-state index is 0.323. The number of carbonyl (C=O) groups is 2. The third kappa shape index (κ3) is 4.99. The normalized spacial score (nSPS) is 11.7. The Bertz CT molecular complexity index is 972. The van der Waals surface area contributed by atoms with Crippen LogP contribution >= 0.6 is 27.3 Å². The largest absolute Gasteiger partial charge is 0.341 e. The third-order valence-electron chi connectivity index (χ3n) is 3.78. The van der Waals surface area contributed by atoms with E-state index in [1.807, 2.05) is 37.3 Å². The number of halogens is 1. The topological polar surface area (TPSA) is 84.0 Å². The molecule has 2 aromatic carbocycles. The van der Waals surface area contributed by atoms with Crippen molar-refractivity contribution in [3.63, 3.8) is 0 Å². The van der Waals surface area contributed by atoms with Gasteiger partial charge in [0, 0.05) is 15.6 Å². The molecule has 8 heteroatoms. The van der Waals surface area contributed by atoms with Crippen LogP contribution in [-0.2, 0) is 4.79 Å². The molecule has 6 nitrogen and oxygen atoms in total. The number of rotatable bonds is 5. The fraction of sp³-hybridized carbons (Fsp3) is 0.158. The summed E-state index contributed by atoms with van der Waals surface area (Å²) in [6.07, 6.45) is 0. The molecule has 0 aliphatic rings. The number of hydrogen-bond donors (Lipinski definition) is 2. The van der Waals surface area contributed by atoms with Crippen molar-refractivity contribution in [1.29, 1.82) is 0 Å². The molecule has 1 heterocycles. The number of nitrogens with one attached hydrogen (secondary N) is 2. The highest BCUT2D eigenvalue weighted by molar-refractivity contribution is 9.10. The fourth-order valence-corrected chi connectivity index (χ4v) is 3.43. The van der Waals surface area contributed by atoms with E-state index in [4.69, 9.17) is 0 Å². The lowest BCUT2D eigenvalue weighted by Crippen LogP contribution is -2.41. The average molecular weight is 445 g/mol. The molecule has 0 spiro atoms. The Balaban J connectivity index is 1.61. The van der Waals surface area contributed by atoms with Crippen LogP contribution in [0.4, 0.5) is 5.13 Å². The summed E-state index contributed by atoms with van der Waals surface area (Å²) < 4.78 is 0.796. The SMILES string of the molecule is Cc1ccc(-c2nnc(NC(=O)C(C)NC(=O)c3cccc(Br)c3)s2)cc1. The zero-order valence-corrected chi connectivity index (χ0v) is 17.1. The molecule has 0 radical (unpaired) electrons. The molecule has 1 unspecified atom stereocenters. The van der Waals surface area contributed by atoms with Gasteiger partial charge in [-0.25, -0.2) is 0 Å². The van der Waals surface area contributed by atoms with Crippen LogP contribution in [0.2, 0.25) is 0 Å². The Kier molecular flexibility index (Phi) is 5.98. The first-order valence-corrected chi connectivity index (χ1v) is 9.81. The van der Waals surface area contributed by atoms with Gasteiger partial charge in [0.1, 0.15) is 11.0 Å². The maximum absolute atomic E-state index is 12.3. The van der Waals surface area contributed by atoms with Gasteiger partial charge in [0.25, 0.3) is 5.91 Å². The van der Waals surface area contributed by atoms with Crippen LogP contribution in [0.5, 0.6) is 0 Å². The summed E-state index contributed by atoms with van der Waals surface area (Å²) in [7, 11) is 0. The van der Waals surface area contributed by atoms with Gasteiger partial charge in [0.05, 0.1) is 0 Å². The molecule has 3 aromatic rings. The summed E-state index contributed by atoms with van der Waals surface area (Å²) in [5, 5.41) is 14.6. The number of carbonyl (C=O) groups excluding carboxylic acids is 2. The standard InChI is InChI=1S/C19H17BrN4O2S/c1-11-6-8-13(9-7-11)18-23-24-19(27-18)22-16(25)12(2)21-17(26)14-4-3-5-15(20)10-14/h3-10,12H,1-2H3,(H,21,26)(H,22,24,25). The molecule has 3 rings (SSSR count). The van der Waals surface area contributed by atoms with E-state index in [0.717, 1.165) is 20.6 Å². The van der Waals surface area contributed by atoms with E-state index in [2.05, 4.69) is 36.8 Å². The molecular formula is C19H17BrN4O2S. The van der Waals surface area contributed by atoms with Crippen molar-refractivity contribution in [1.82, 2.24) is 15.5 Å².